The minimum absolute atomic E-state index is 0.219. The standard InChI is InChI=1S/C12H25NO/c1-4-6-9-12(14)13-10-7-8-11(3)5-2/h11H,4-10H2,1-3H3,(H,13,14). The summed E-state index contributed by atoms with van der Waals surface area (Å²) in [6.45, 7) is 7.44. The normalized spacial score (nSPS) is 12.5. The van der Waals surface area contributed by atoms with Crippen molar-refractivity contribution >= 4 is 5.91 Å². The molecule has 0 rings (SSSR count). The molecule has 0 aromatic carbocycles. The molecule has 1 amide bonds. The number of hydrogen-bond donors (Lipinski definition) is 1. The van der Waals surface area contributed by atoms with Crippen LogP contribution in [-0.2, 0) is 4.79 Å². The second kappa shape index (κ2) is 9.04. The van der Waals surface area contributed by atoms with Gasteiger partial charge in [0.25, 0.3) is 0 Å². The van der Waals surface area contributed by atoms with E-state index in [0.29, 0.717) is 6.42 Å². The van der Waals surface area contributed by atoms with E-state index >= 15 is 0 Å². The Kier molecular flexibility index (Phi) is 8.70. The lowest BCUT2D eigenvalue weighted by molar-refractivity contribution is -0.121. The van der Waals surface area contributed by atoms with Crippen LogP contribution in [0.25, 0.3) is 0 Å². The largest absolute Gasteiger partial charge is 0.356 e. The topological polar surface area (TPSA) is 29.1 Å². The fraction of sp³-hybridized carbons (Fsp3) is 0.917. The van der Waals surface area contributed by atoms with Crippen LogP contribution < -0.4 is 5.32 Å². The van der Waals surface area contributed by atoms with Gasteiger partial charge in [-0.15, -0.1) is 0 Å². The molecule has 0 saturated heterocycles. The molecule has 0 aliphatic heterocycles. The van der Waals surface area contributed by atoms with Crippen LogP contribution in [-0.4, -0.2) is 12.5 Å². The molecule has 0 fully saturated rings. The first-order valence-electron chi connectivity index (χ1n) is 5.97. The van der Waals surface area contributed by atoms with Crippen LogP contribution in [0.4, 0.5) is 0 Å². The molecule has 0 radical (unpaired) electrons. The van der Waals surface area contributed by atoms with Gasteiger partial charge in [0, 0.05) is 13.0 Å². The van der Waals surface area contributed by atoms with E-state index in [4.69, 9.17) is 0 Å². The van der Waals surface area contributed by atoms with Crippen molar-refractivity contribution in [3.8, 4) is 0 Å². The van der Waals surface area contributed by atoms with Crippen LogP contribution in [0, 0.1) is 5.92 Å². The summed E-state index contributed by atoms with van der Waals surface area (Å²) in [5.41, 5.74) is 0. The Balaban J connectivity index is 3.22. The van der Waals surface area contributed by atoms with Gasteiger partial charge in [0.05, 0.1) is 0 Å². The number of carbonyl (C=O) groups is 1. The van der Waals surface area contributed by atoms with Crippen molar-refractivity contribution < 1.29 is 4.79 Å². The van der Waals surface area contributed by atoms with Gasteiger partial charge in [0.15, 0.2) is 0 Å². The predicted octanol–water partition coefficient (Wildman–Crippen LogP) is 3.12. The second-order valence-corrected chi connectivity index (χ2v) is 4.11. The van der Waals surface area contributed by atoms with Gasteiger partial charge in [0.2, 0.25) is 5.91 Å². The molecule has 0 aromatic heterocycles. The number of nitrogens with one attached hydrogen (secondary N) is 1. The Morgan fingerprint density at radius 1 is 1.29 bits per heavy atom. The Bertz CT molecular complexity index is 145. The van der Waals surface area contributed by atoms with Crippen LogP contribution in [0.15, 0.2) is 0 Å². The molecule has 0 aromatic rings. The number of rotatable bonds is 8. The molecule has 1 unspecified atom stereocenters. The maximum Gasteiger partial charge on any atom is 0.219 e. The van der Waals surface area contributed by atoms with E-state index in [2.05, 4.69) is 26.1 Å². The molecule has 2 heteroatoms. The fourth-order valence-corrected chi connectivity index (χ4v) is 1.31. The fourth-order valence-electron chi connectivity index (χ4n) is 1.31. The van der Waals surface area contributed by atoms with Gasteiger partial charge in [-0.3, -0.25) is 4.79 Å². The highest BCUT2D eigenvalue weighted by Crippen LogP contribution is 2.08. The molecule has 0 spiro atoms. The van der Waals surface area contributed by atoms with Crippen LogP contribution in [0.3, 0.4) is 0 Å². The van der Waals surface area contributed by atoms with E-state index < -0.39 is 0 Å². The van der Waals surface area contributed by atoms with Crippen molar-refractivity contribution in [2.75, 3.05) is 6.54 Å². The van der Waals surface area contributed by atoms with Gasteiger partial charge in [-0.1, -0.05) is 33.6 Å². The maximum atomic E-state index is 11.2. The lowest BCUT2D eigenvalue weighted by atomic mass is 10.0. The summed E-state index contributed by atoms with van der Waals surface area (Å²) in [4.78, 5) is 11.2. The van der Waals surface area contributed by atoms with Crippen LogP contribution in [0.5, 0.6) is 0 Å². The molecule has 1 N–H and O–H groups in total. The molecule has 1 atom stereocenters. The summed E-state index contributed by atoms with van der Waals surface area (Å²) in [6.07, 6.45) is 6.39. The Morgan fingerprint density at radius 2 is 2.00 bits per heavy atom. The van der Waals surface area contributed by atoms with Gasteiger partial charge in [-0.2, -0.15) is 0 Å². The zero-order chi connectivity index (χ0) is 10.8. The van der Waals surface area contributed by atoms with E-state index in [0.717, 1.165) is 31.7 Å². The van der Waals surface area contributed by atoms with Crippen LogP contribution in [0.2, 0.25) is 0 Å². The average molecular weight is 199 g/mol. The zero-order valence-corrected chi connectivity index (χ0v) is 9.94. The van der Waals surface area contributed by atoms with E-state index in [-0.39, 0.29) is 5.91 Å². The third kappa shape index (κ3) is 8.09. The molecule has 2 nitrogen and oxygen atoms in total. The Morgan fingerprint density at radius 3 is 2.57 bits per heavy atom. The summed E-state index contributed by atoms with van der Waals surface area (Å²) in [5.74, 6) is 1.01. The van der Waals surface area contributed by atoms with Gasteiger partial charge >= 0.3 is 0 Å². The van der Waals surface area contributed by atoms with E-state index in [9.17, 15) is 4.79 Å². The predicted molar refractivity (Wildman–Crippen MR) is 61.2 cm³/mol. The van der Waals surface area contributed by atoms with Crippen molar-refractivity contribution in [2.24, 2.45) is 5.92 Å². The molecular weight excluding hydrogens is 174 g/mol. The summed E-state index contributed by atoms with van der Waals surface area (Å²) < 4.78 is 0. The molecule has 0 aliphatic rings. The van der Waals surface area contributed by atoms with Gasteiger partial charge in [-0.25, -0.2) is 0 Å². The highest BCUT2D eigenvalue weighted by Gasteiger charge is 2.01. The van der Waals surface area contributed by atoms with Crippen molar-refractivity contribution in [1.82, 2.24) is 5.32 Å². The SMILES string of the molecule is CCCCC(=O)NCCCC(C)CC. The third-order valence-corrected chi connectivity index (χ3v) is 2.65. The minimum Gasteiger partial charge on any atom is -0.356 e. The first-order valence-corrected chi connectivity index (χ1v) is 5.97. The summed E-state index contributed by atoms with van der Waals surface area (Å²) in [7, 11) is 0. The Hall–Kier alpha value is -0.530. The average Bonchev–Trinajstić information content (AvgIpc) is 2.21. The first kappa shape index (κ1) is 13.5. The van der Waals surface area contributed by atoms with Crippen molar-refractivity contribution in [3.05, 3.63) is 0 Å². The van der Waals surface area contributed by atoms with Crippen LogP contribution >= 0.6 is 0 Å². The van der Waals surface area contributed by atoms with Gasteiger partial charge in [0.1, 0.15) is 0 Å². The monoisotopic (exact) mass is 199 g/mol. The summed E-state index contributed by atoms with van der Waals surface area (Å²) in [6, 6.07) is 0. The van der Waals surface area contributed by atoms with E-state index in [1.165, 1.54) is 12.8 Å². The van der Waals surface area contributed by atoms with Crippen LogP contribution in [0.1, 0.15) is 59.3 Å². The maximum absolute atomic E-state index is 11.2. The quantitative estimate of drug-likeness (QED) is 0.598. The highest BCUT2D eigenvalue weighted by molar-refractivity contribution is 5.75. The lowest BCUT2D eigenvalue weighted by Crippen LogP contribution is -2.24. The highest BCUT2D eigenvalue weighted by atomic mass is 16.1. The van der Waals surface area contributed by atoms with Crippen molar-refractivity contribution in [3.63, 3.8) is 0 Å². The van der Waals surface area contributed by atoms with Crippen molar-refractivity contribution in [1.29, 1.82) is 0 Å². The summed E-state index contributed by atoms with van der Waals surface area (Å²) >= 11 is 0. The number of unbranched alkanes of at least 4 members (excludes halogenated alkanes) is 1. The lowest BCUT2D eigenvalue weighted by Gasteiger charge is -2.08. The minimum atomic E-state index is 0.219. The zero-order valence-electron chi connectivity index (χ0n) is 9.94. The molecule has 0 saturated carbocycles. The van der Waals surface area contributed by atoms with Crippen molar-refractivity contribution in [2.45, 2.75) is 59.3 Å². The van der Waals surface area contributed by atoms with E-state index in [1.807, 2.05) is 0 Å². The van der Waals surface area contributed by atoms with Gasteiger partial charge in [-0.05, 0) is 25.2 Å². The van der Waals surface area contributed by atoms with E-state index in [1.54, 1.807) is 0 Å². The molecular formula is C12H25NO. The molecule has 0 heterocycles. The Labute approximate surface area is 88.5 Å². The second-order valence-electron chi connectivity index (χ2n) is 4.11. The third-order valence-electron chi connectivity index (χ3n) is 2.65. The number of amides is 1. The molecule has 14 heavy (non-hydrogen) atoms. The molecule has 84 valence electrons. The number of carbonyl (C=O) groups excluding carboxylic acids is 1. The first-order chi connectivity index (χ1) is 6.70. The molecule has 0 aliphatic carbocycles. The summed E-state index contributed by atoms with van der Waals surface area (Å²) in [5, 5.41) is 2.96. The smallest absolute Gasteiger partial charge is 0.219 e. The van der Waals surface area contributed by atoms with Gasteiger partial charge < -0.3 is 5.32 Å². The molecule has 0 bridgehead atoms. The number of hydrogen-bond acceptors (Lipinski definition) is 1.